The van der Waals surface area contributed by atoms with E-state index in [0.29, 0.717) is 29.7 Å². The number of rotatable bonds is 3. The van der Waals surface area contributed by atoms with Crippen LogP contribution in [0.25, 0.3) is 4.96 Å². The van der Waals surface area contributed by atoms with Gasteiger partial charge in [-0.1, -0.05) is 0 Å². The van der Waals surface area contributed by atoms with Crippen LogP contribution in [-0.4, -0.2) is 34.3 Å². The number of nitrogens with zero attached hydrogens (tertiary/aromatic N) is 2. The van der Waals surface area contributed by atoms with E-state index in [2.05, 4.69) is 10.3 Å². The van der Waals surface area contributed by atoms with E-state index in [1.165, 1.54) is 41.0 Å². The first-order valence-electron chi connectivity index (χ1n) is 7.75. The number of carbonyl (C=O) groups excluding carboxylic acids is 2. The molecule has 1 aliphatic heterocycles. The van der Waals surface area contributed by atoms with Gasteiger partial charge in [-0.05, 0) is 13.0 Å². The molecular formula is C17H13N3O5S. The molecule has 1 aromatic carbocycles. The topological polar surface area (TPSA) is 99.0 Å². The molecule has 3 heterocycles. The smallest absolute Gasteiger partial charge is 0.271 e. The Hall–Kier alpha value is -3.20. The highest BCUT2D eigenvalue weighted by Gasteiger charge is 2.21. The third-order valence-corrected chi connectivity index (χ3v) is 4.67. The minimum Gasteiger partial charge on any atom is -0.486 e. The molecule has 0 spiro atoms. The highest BCUT2D eigenvalue weighted by molar-refractivity contribution is 7.15. The van der Waals surface area contributed by atoms with E-state index >= 15 is 0 Å². The van der Waals surface area contributed by atoms with Crippen LogP contribution < -0.4 is 20.3 Å². The van der Waals surface area contributed by atoms with Crippen molar-refractivity contribution < 1.29 is 19.1 Å². The number of Topliss-reactive ketones (excluding diaryl/α,β-unsaturated/α-hetero) is 1. The Morgan fingerprint density at radius 1 is 1.19 bits per heavy atom. The van der Waals surface area contributed by atoms with Gasteiger partial charge in [-0.3, -0.25) is 18.8 Å². The Morgan fingerprint density at radius 2 is 1.92 bits per heavy atom. The molecule has 0 saturated heterocycles. The van der Waals surface area contributed by atoms with Crippen molar-refractivity contribution in [1.82, 2.24) is 9.38 Å². The van der Waals surface area contributed by atoms with Crippen LogP contribution in [0.1, 0.15) is 27.6 Å². The lowest BCUT2D eigenvalue weighted by Gasteiger charge is -2.20. The summed E-state index contributed by atoms with van der Waals surface area (Å²) >= 11 is 1.29. The fourth-order valence-corrected chi connectivity index (χ4v) is 3.33. The summed E-state index contributed by atoms with van der Waals surface area (Å²) in [4.78, 5) is 41.6. The average Bonchev–Trinajstić information content (AvgIpc) is 3.11. The Balaban J connectivity index is 1.73. The summed E-state index contributed by atoms with van der Waals surface area (Å²) in [6.07, 6.45) is 2.78. The molecule has 26 heavy (non-hydrogen) atoms. The van der Waals surface area contributed by atoms with Crippen LogP contribution in [0.15, 0.2) is 34.7 Å². The van der Waals surface area contributed by atoms with Gasteiger partial charge in [-0.15, -0.1) is 11.3 Å². The first kappa shape index (κ1) is 16.3. The van der Waals surface area contributed by atoms with Crippen molar-refractivity contribution in [3.8, 4) is 11.5 Å². The van der Waals surface area contributed by atoms with Crippen LogP contribution in [0.5, 0.6) is 11.5 Å². The second-order valence-electron chi connectivity index (χ2n) is 5.58. The summed E-state index contributed by atoms with van der Waals surface area (Å²) in [6, 6.07) is 3.05. The van der Waals surface area contributed by atoms with Crippen LogP contribution in [0.3, 0.4) is 0 Å². The van der Waals surface area contributed by atoms with Crippen LogP contribution in [0.4, 0.5) is 5.69 Å². The molecule has 8 nitrogen and oxygen atoms in total. The minimum atomic E-state index is -0.651. The summed E-state index contributed by atoms with van der Waals surface area (Å²) in [5.41, 5.74) is -0.0743. The standard InChI is InChI=1S/C17H13N3O5S/c1-9(21)10-6-13-14(25-4-3-24-13)7-12(10)19-15(22)11-8-18-17-20(16(11)23)2-5-26-17/h2,5-8H,3-4H2,1H3,(H,19,22). The number of fused-ring (bicyclic) bond motifs is 2. The van der Waals surface area contributed by atoms with Crippen LogP contribution in [-0.2, 0) is 0 Å². The van der Waals surface area contributed by atoms with Crippen molar-refractivity contribution in [2.24, 2.45) is 0 Å². The van der Waals surface area contributed by atoms with Crippen molar-refractivity contribution >= 4 is 33.7 Å². The first-order chi connectivity index (χ1) is 12.5. The molecule has 9 heteroatoms. The number of anilines is 1. The van der Waals surface area contributed by atoms with E-state index in [-0.39, 0.29) is 22.6 Å². The van der Waals surface area contributed by atoms with E-state index < -0.39 is 11.5 Å². The SMILES string of the molecule is CC(=O)c1cc2c(cc1NC(=O)c1cnc3sccn3c1=O)OCCO2. The van der Waals surface area contributed by atoms with Crippen molar-refractivity contribution in [3.63, 3.8) is 0 Å². The Morgan fingerprint density at radius 3 is 2.65 bits per heavy atom. The summed E-state index contributed by atoms with van der Waals surface area (Å²) in [5.74, 6) is -0.0248. The monoisotopic (exact) mass is 371 g/mol. The minimum absolute atomic E-state index is 0.120. The molecule has 0 saturated carbocycles. The molecule has 1 amide bonds. The van der Waals surface area contributed by atoms with Crippen molar-refractivity contribution in [3.05, 3.63) is 51.4 Å². The lowest BCUT2D eigenvalue weighted by molar-refractivity contribution is 0.101. The third kappa shape index (κ3) is 2.72. The maximum Gasteiger partial charge on any atom is 0.271 e. The maximum atomic E-state index is 12.6. The van der Waals surface area contributed by atoms with E-state index in [0.717, 1.165) is 0 Å². The molecule has 1 N–H and O–H groups in total. The number of ether oxygens (including phenoxy) is 2. The van der Waals surface area contributed by atoms with Gasteiger partial charge in [0.05, 0.1) is 5.69 Å². The lowest BCUT2D eigenvalue weighted by Crippen LogP contribution is -2.26. The second kappa shape index (κ2) is 6.26. The van der Waals surface area contributed by atoms with Gasteiger partial charge < -0.3 is 14.8 Å². The van der Waals surface area contributed by atoms with Crippen molar-refractivity contribution in [2.75, 3.05) is 18.5 Å². The van der Waals surface area contributed by atoms with Gasteiger partial charge in [0.25, 0.3) is 11.5 Å². The highest BCUT2D eigenvalue weighted by Crippen LogP contribution is 2.36. The molecule has 0 fully saturated rings. The zero-order chi connectivity index (χ0) is 18.3. The van der Waals surface area contributed by atoms with E-state index in [9.17, 15) is 14.4 Å². The molecule has 2 aromatic heterocycles. The summed E-state index contributed by atoms with van der Waals surface area (Å²) in [6.45, 7) is 2.15. The number of nitrogens with one attached hydrogen (secondary N) is 1. The summed E-state index contributed by atoms with van der Waals surface area (Å²) in [7, 11) is 0. The van der Waals surface area contributed by atoms with Gasteiger partial charge in [0.2, 0.25) is 0 Å². The molecule has 3 aromatic rings. The number of carbonyl (C=O) groups is 2. The quantitative estimate of drug-likeness (QED) is 0.707. The van der Waals surface area contributed by atoms with Crippen LogP contribution in [0, 0.1) is 0 Å². The fraction of sp³-hybridized carbons (Fsp3) is 0.176. The molecule has 0 bridgehead atoms. The molecule has 4 rings (SSSR count). The van der Waals surface area contributed by atoms with Crippen molar-refractivity contribution in [2.45, 2.75) is 6.92 Å². The first-order valence-corrected chi connectivity index (χ1v) is 8.63. The molecule has 0 radical (unpaired) electrons. The predicted octanol–water partition coefficient (Wildman–Crippen LogP) is 1.98. The summed E-state index contributed by atoms with van der Waals surface area (Å²) in [5, 5.41) is 4.32. The molecule has 1 aliphatic rings. The average molecular weight is 371 g/mol. The molecule has 0 unspecified atom stereocenters. The molecule has 0 atom stereocenters. The van der Waals surface area contributed by atoms with Crippen molar-refractivity contribution in [1.29, 1.82) is 0 Å². The number of aromatic nitrogens is 2. The normalized spacial score (nSPS) is 12.8. The number of hydrogen-bond donors (Lipinski definition) is 1. The summed E-state index contributed by atoms with van der Waals surface area (Å²) < 4.78 is 12.3. The van der Waals surface area contributed by atoms with Gasteiger partial charge in [0, 0.05) is 29.4 Å². The van der Waals surface area contributed by atoms with Gasteiger partial charge in [0.15, 0.2) is 22.2 Å². The number of thiazole rings is 1. The van der Waals surface area contributed by atoms with E-state index in [4.69, 9.17) is 9.47 Å². The number of amides is 1. The largest absolute Gasteiger partial charge is 0.486 e. The Bertz CT molecular complexity index is 1100. The Labute approximate surface area is 151 Å². The van der Waals surface area contributed by atoms with Crippen LogP contribution in [0.2, 0.25) is 0 Å². The van der Waals surface area contributed by atoms with Gasteiger partial charge >= 0.3 is 0 Å². The second-order valence-corrected chi connectivity index (χ2v) is 6.46. The lowest BCUT2D eigenvalue weighted by atomic mass is 10.1. The molecular weight excluding hydrogens is 358 g/mol. The fourth-order valence-electron chi connectivity index (χ4n) is 2.65. The zero-order valence-corrected chi connectivity index (χ0v) is 14.5. The number of hydrogen-bond acceptors (Lipinski definition) is 7. The maximum absolute atomic E-state index is 12.6. The zero-order valence-electron chi connectivity index (χ0n) is 13.6. The highest BCUT2D eigenvalue weighted by atomic mass is 32.1. The third-order valence-electron chi connectivity index (χ3n) is 3.90. The number of benzene rings is 1. The molecule has 132 valence electrons. The Kier molecular flexibility index (Phi) is 3.92. The number of ketones is 1. The van der Waals surface area contributed by atoms with Gasteiger partial charge in [0.1, 0.15) is 18.8 Å². The van der Waals surface area contributed by atoms with Gasteiger partial charge in [-0.25, -0.2) is 4.98 Å². The molecule has 0 aliphatic carbocycles. The predicted molar refractivity (Wildman–Crippen MR) is 94.7 cm³/mol. The van der Waals surface area contributed by atoms with E-state index in [1.807, 2.05) is 0 Å². The van der Waals surface area contributed by atoms with Gasteiger partial charge in [-0.2, -0.15) is 0 Å². The van der Waals surface area contributed by atoms with Crippen LogP contribution >= 0.6 is 11.3 Å². The van der Waals surface area contributed by atoms with E-state index in [1.54, 1.807) is 11.6 Å².